The van der Waals surface area contributed by atoms with Crippen molar-refractivity contribution in [2.45, 2.75) is 19.3 Å². The molecule has 1 N–H and O–H groups in total. The van der Waals surface area contributed by atoms with Crippen molar-refractivity contribution in [2.24, 2.45) is 13.0 Å². The van der Waals surface area contributed by atoms with Gasteiger partial charge in [0.2, 0.25) is 5.91 Å². The van der Waals surface area contributed by atoms with Crippen molar-refractivity contribution >= 4 is 11.6 Å². The van der Waals surface area contributed by atoms with Crippen molar-refractivity contribution in [3.63, 3.8) is 0 Å². The van der Waals surface area contributed by atoms with Crippen LogP contribution in [0.4, 0.5) is 5.69 Å². The Morgan fingerprint density at radius 1 is 1.35 bits per heavy atom. The lowest BCUT2D eigenvalue weighted by Gasteiger charge is -2.10. The largest absolute Gasteiger partial charge is 0.496 e. The minimum absolute atomic E-state index is 0.0114. The molecule has 1 saturated carbocycles. The number of benzene rings is 1. The van der Waals surface area contributed by atoms with E-state index < -0.39 is 0 Å². The second-order valence-electron chi connectivity index (χ2n) is 6.00. The van der Waals surface area contributed by atoms with Crippen molar-refractivity contribution in [3.8, 4) is 5.75 Å². The van der Waals surface area contributed by atoms with Crippen LogP contribution in [0.1, 0.15) is 23.5 Å². The molecule has 2 aromatic rings. The van der Waals surface area contributed by atoms with Gasteiger partial charge in [0.15, 0.2) is 0 Å². The average Bonchev–Trinajstić information content (AvgIpc) is 3.33. The van der Waals surface area contributed by atoms with E-state index >= 15 is 0 Å². The molecule has 1 aromatic heterocycles. The molecule has 23 heavy (non-hydrogen) atoms. The maximum absolute atomic E-state index is 12.5. The van der Waals surface area contributed by atoms with Gasteiger partial charge in [-0.1, -0.05) is 18.2 Å². The number of pyridine rings is 1. The lowest BCUT2D eigenvalue weighted by molar-refractivity contribution is -0.117. The zero-order valence-electron chi connectivity index (χ0n) is 13.5. The highest BCUT2D eigenvalue weighted by molar-refractivity contribution is 5.95. The second kappa shape index (κ2) is 5.91. The molecule has 1 aliphatic carbocycles. The molecule has 0 saturated heterocycles. The average molecular weight is 312 g/mol. The van der Waals surface area contributed by atoms with Crippen molar-refractivity contribution in [1.29, 1.82) is 0 Å². The molecule has 120 valence electrons. The maximum Gasteiger partial charge on any atom is 0.250 e. The van der Waals surface area contributed by atoms with Crippen molar-refractivity contribution in [2.75, 3.05) is 12.4 Å². The zero-order valence-corrected chi connectivity index (χ0v) is 13.5. The van der Waals surface area contributed by atoms with Gasteiger partial charge < -0.3 is 14.6 Å². The highest BCUT2D eigenvalue weighted by Gasteiger charge is 2.45. The van der Waals surface area contributed by atoms with Crippen molar-refractivity contribution in [1.82, 2.24) is 4.57 Å². The Hall–Kier alpha value is -2.56. The third kappa shape index (κ3) is 2.99. The number of rotatable bonds is 4. The second-order valence-corrected chi connectivity index (χ2v) is 6.00. The summed E-state index contributed by atoms with van der Waals surface area (Å²) in [4.78, 5) is 24.0. The number of nitrogens with one attached hydrogen (secondary N) is 1. The lowest BCUT2D eigenvalue weighted by atomic mass is 10.1. The molecule has 1 amide bonds. The van der Waals surface area contributed by atoms with E-state index in [2.05, 4.69) is 5.32 Å². The predicted molar refractivity (Wildman–Crippen MR) is 88.9 cm³/mol. The van der Waals surface area contributed by atoms with E-state index in [4.69, 9.17) is 4.74 Å². The molecule has 1 aromatic carbocycles. The summed E-state index contributed by atoms with van der Waals surface area (Å²) in [6.45, 7) is 1.82. The molecule has 0 bridgehead atoms. The summed E-state index contributed by atoms with van der Waals surface area (Å²) < 4.78 is 6.84. The topological polar surface area (TPSA) is 60.3 Å². The van der Waals surface area contributed by atoms with Gasteiger partial charge in [0.25, 0.3) is 5.56 Å². The Kier molecular flexibility index (Phi) is 3.94. The van der Waals surface area contributed by atoms with Crippen LogP contribution in [-0.2, 0) is 11.8 Å². The number of anilines is 1. The first kappa shape index (κ1) is 15.3. The third-order valence-electron chi connectivity index (χ3n) is 4.36. The predicted octanol–water partition coefficient (Wildman–Crippen LogP) is 2.44. The minimum Gasteiger partial charge on any atom is -0.496 e. The Morgan fingerprint density at radius 2 is 2.09 bits per heavy atom. The van der Waals surface area contributed by atoms with E-state index in [1.165, 1.54) is 10.6 Å². The highest BCUT2D eigenvalue weighted by atomic mass is 16.5. The first-order valence-electron chi connectivity index (χ1n) is 7.62. The molecule has 0 unspecified atom stereocenters. The first-order valence-corrected chi connectivity index (χ1v) is 7.62. The van der Waals surface area contributed by atoms with Gasteiger partial charge in [-0.2, -0.15) is 0 Å². The van der Waals surface area contributed by atoms with Gasteiger partial charge in [-0.05, 0) is 36.5 Å². The zero-order chi connectivity index (χ0) is 16.6. The van der Waals surface area contributed by atoms with Crippen molar-refractivity contribution in [3.05, 3.63) is 58.0 Å². The molecule has 1 heterocycles. The monoisotopic (exact) mass is 312 g/mol. The van der Waals surface area contributed by atoms with Crippen LogP contribution < -0.4 is 15.6 Å². The van der Waals surface area contributed by atoms with Crippen LogP contribution in [0, 0.1) is 12.8 Å². The SMILES string of the molecule is COc1ccccc1[C@@H]1C[C@@H]1C(=O)Nc1cn(C)c(=O)cc1C. The number of aryl methyl sites for hydroxylation is 2. The summed E-state index contributed by atoms with van der Waals surface area (Å²) in [5, 5.41) is 2.94. The summed E-state index contributed by atoms with van der Waals surface area (Å²) in [7, 11) is 3.32. The summed E-state index contributed by atoms with van der Waals surface area (Å²) in [6, 6.07) is 9.34. The Morgan fingerprint density at radius 3 is 2.83 bits per heavy atom. The number of carbonyl (C=O) groups excluding carboxylic acids is 1. The van der Waals surface area contributed by atoms with Crippen LogP contribution in [0.5, 0.6) is 5.75 Å². The van der Waals surface area contributed by atoms with Crippen LogP contribution in [-0.4, -0.2) is 17.6 Å². The maximum atomic E-state index is 12.5. The number of methoxy groups -OCH3 is 1. The van der Waals surface area contributed by atoms with Gasteiger partial charge in [-0.3, -0.25) is 9.59 Å². The lowest BCUT2D eigenvalue weighted by Crippen LogP contribution is -2.20. The molecule has 2 atom stereocenters. The quantitative estimate of drug-likeness (QED) is 0.943. The van der Waals surface area contributed by atoms with Crippen LogP contribution in [0.2, 0.25) is 0 Å². The third-order valence-corrected chi connectivity index (χ3v) is 4.36. The van der Waals surface area contributed by atoms with Gasteiger partial charge in [0.05, 0.1) is 12.8 Å². The fourth-order valence-electron chi connectivity index (χ4n) is 2.88. The molecule has 5 nitrogen and oxygen atoms in total. The van der Waals surface area contributed by atoms with Crippen LogP contribution in [0.15, 0.2) is 41.3 Å². The van der Waals surface area contributed by atoms with Gasteiger partial charge >= 0.3 is 0 Å². The Labute approximate surface area is 134 Å². The molecule has 1 fully saturated rings. The fraction of sp³-hybridized carbons (Fsp3) is 0.333. The van der Waals surface area contributed by atoms with Gasteiger partial charge in [-0.25, -0.2) is 0 Å². The number of ether oxygens (including phenoxy) is 1. The Bertz CT molecular complexity index is 810. The van der Waals surface area contributed by atoms with Gasteiger partial charge in [-0.15, -0.1) is 0 Å². The number of hydrogen-bond donors (Lipinski definition) is 1. The van der Waals surface area contributed by atoms with Crippen LogP contribution >= 0.6 is 0 Å². The van der Waals surface area contributed by atoms with Crippen LogP contribution in [0.25, 0.3) is 0 Å². The standard InChI is InChI=1S/C18H20N2O3/c1-11-8-17(21)20(2)10-15(11)19-18(22)14-9-13(14)12-6-4-5-7-16(12)23-3/h4-8,10,13-14H,9H2,1-3H3,(H,19,22)/t13-,14-/m0/s1. The van der Waals surface area contributed by atoms with E-state index in [9.17, 15) is 9.59 Å². The van der Waals surface area contributed by atoms with Crippen LogP contribution in [0.3, 0.4) is 0 Å². The molecule has 0 spiro atoms. The summed E-state index contributed by atoms with van der Waals surface area (Å²) in [6.07, 6.45) is 2.48. The first-order chi connectivity index (χ1) is 11.0. The highest BCUT2D eigenvalue weighted by Crippen LogP contribution is 2.50. The summed E-state index contributed by atoms with van der Waals surface area (Å²) in [5.41, 5.74) is 2.45. The van der Waals surface area contributed by atoms with Gasteiger partial charge in [0.1, 0.15) is 5.75 Å². The van der Waals surface area contributed by atoms with Crippen molar-refractivity contribution < 1.29 is 9.53 Å². The molecular weight excluding hydrogens is 292 g/mol. The smallest absolute Gasteiger partial charge is 0.250 e. The molecule has 3 rings (SSSR count). The Balaban J connectivity index is 1.74. The number of amides is 1. The minimum atomic E-state index is -0.0844. The number of aromatic nitrogens is 1. The molecule has 0 radical (unpaired) electrons. The van der Waals surface area contributed by atoms with E-state index in [1.54, 1.807) is 20.4 Å². The molecule has 0 aliphatic heterocycles. The number of nitrogens with zero attached hydrogens (tertiary/aromatic N) is 1. The van der Waals surface area contributed by atoms with E-state index in [0.717, 1.165) is 23.3 Å². The summed E-state index contributed by atoms with van der Waals surface area (Å²) in [5.74, 6) is 0.954. The van der Waals surface area contributed by atoms with E-state index in [-0.39, 0.29) is 23.3 Å². The number of carbonyl (C=O) groups is 1. The molecule has 1 aliphatic rings. The number of hydrogen-bond acceptors (Lipinski definition) is 3. The van der Waals surface area contributed by atoms with E-state index in [1.807, 2.05) is 31.2 Å². The molecular formula is C18H20N2O3. The van der Waals surface area contributed by atoms with E-state index in [0.29, 0.717) is 5.69 Å². The molecule has 5 heteroatoms. The summed E-state index contributed by atoms with van der Waals surface area (Å²) >= 11 is 0. The van der Waals surface area contributed by atoms with Gasteiger partial charge in [0, 0.05) is 25.2 Å². The number of para-hydroxylation sites is 1. The normalized spacial score (nSPS) is 19.3. The fourth-order valence-corrected chi connectivity index (χ4v) is 2.88.